The first-order valence-electron chi connectivity index (χ1n) is 12.8. The molecule has 1 amide bonds. The molecule has 6 atom stereocenters. The average molecular weight is 485 g/mol. The molecule has 0 radical (unpaired) electrons. The number of likely N-dealkylation sites (tertiary alicyclic amines) is 1. The summed E-state index contributed by atoms with van der Waals surface area (Å²) < 4.78 is 17.5. The molecule has 2 bridgehead atoms. The highest BCUT2D eigenvalue weighted by atomic mass is 16.6. The van der Waals surface area contributed by atoms with Crippen LogP contribution in [0, 0.1) is 23.7 Å². The van der Waals surface area contributed by atoms with Crippen LogP contribution in [0.1, 0.15) is 39.7 Å². The van der Waals surface area contributed by atoms with Crippen LogP contribution in [0.3, 0.4) is 0 Å². The lowest BCUT2D eigenvalue weighted by atomic mass is 9.78. The van der Waals surface area contributed by atoms with Crippen molar-refractivity contribution in [3.8, 4) is 0 Å². The Morgan fingerprint density at radius 2 is 1.80 bits per heavy atom. The highest BCUT2D eigenvalue weighted by Crippen LogP contribution is 2.60. The number of fused-ring (bicyclic) bond motifs is 1. The van der Waals surface area contributed by atoms with E-state index in [1.165, 1.54) is 0 Å². The molecule has 6 unspecified atom stereocenters. The number of carbonyl (C=O) groups excluding carboxylic acids is 3. The minimum absolute atomic E-state index is 0.00785. The van der Waals surface area contributed by atoms with Crippen LogP contribution in [0.4, 0.5) is 0 Å². The predicted octanol–water partition coefficient (Wildman–Crippen LogP) is 2.21. The van der Waals surface area contributed by atoms with Gasteiger partial charge in [-0.15, -0.1) is 0 Å². The molecule has 8 heteroatoms. The molecule has 2 saturated heterocycles. The highest BCUT2D eigenvalue weighted by Gasteiger charge is 2.71. The molecule has 4 fully saturated rings. The lowest BCUT2D eigenvalue weighted by Gasteiger charge is -2.37. The van der Waals surface area contributed by atoms with Crippen molar-refractivity contribution >= 4 is 17.8 Å². The van der Waals surface area contributed by atoms with E-state index in [4.69, 9.17) is 14.2 Å². The Morgan fingerprint density at radius 1 is 1.11 bits per heavy atom. The Morgan fingerprint density at radius 3 is 2.46 bits per heavy atom. The van der Waals surface area contributed by atoms with Crippen LogP contribution < -0.4 is 0 Å². The fraction of sp³-hybridized carbons (Fsp3) is 0.667. The van der Waals surface area contributed by atoms with Crippen molar-refractivity contribution in [3.05, 3.63) is 35.9 Å². The lowest BCUT2D eigenvalue weighted by Crippen LogP contribution is -2.50. The minimum atomic E-state index is -0.832. The van der Waals surface area contributed by atoms with Crippen molar-refractivity contribution in [1.29, 1.82) is 0 Å². The number of carbonyl (C=O) groups is 3. The van der Waals surface area contributed by atoms with Gasteiger partial charge in [-0.05, 0) is 45.6 Å². The van der Waals surface area contributed by atoms with Gasteiger partial charge in [0.2, 0.25) is 5.91 Å². The number of nitrogens with zero attached hydrogens (tertiary/aromatic N) is 2. The molecule has 4 aliphatic rings. The van der Waals surface area contributed by atoms with Crippen molar-refractivity contribution < 1.29 is 28.6 Å². The van der Waals surface area contributed by atoms with Crippen molar-refractivity contribution in [1.82, 2.24) is 9.80 Å². The third kappa shape index (κ3) is 4.25. The van der Waals surface area contributed by atoms with Gasteiger partial charge in [-0.25, -0.2) is 0 Å². The number of rotatable bonds is 7. The summed E-state index contributed by atoms with van der Waals surface area (Å²) in [6, 6.07) is 9.41. The lowest BCUT2D eigenvalue weighted by molar-refractivity contribution is -0.173. The maximum Gasteiger partial charge on any atom is 0.320 e. The number of morpholine rings is 1. The SMILES string of the molecule is CC(C)N1C(=O)C2C3CC(C(OC(=O)CN4CCOCC4)C31)C2C(=O)OC(C)(C)c1ccccc1. The maximum atomic E-state index is 13.6. The minimum Gasteiger partial charge on any atom is -0.459 e. The van der Waals surface area contributed by atoms with Crippen molar-refractivity contribution in [2.24, 2.45) is 23.7 Å². The van der Waals surface area contributed by atoms with Crippen LogP contribution in [-0.2, 0) is 34.2 Å². The quantitative estimate of drug-likeness (QED) is 0.549. The number of hydrogen-bond acceptors (Lipinski definition) is 7. The molecule has 35 heavy (non-hydrogen) atoms. The second-order valence-corrected chi connectivity index (χ2v) is 11.1. The maximum absolute atomic E-state index is 13.6. The third-order valence-electron chi connectivity index (χ3n) is 8.29. The first-order chi connectivity index (χ1) is 16.7. The zero-order chi connectivity index (χ0) is 24.9. The molecule has 0 aromatic heterocycles. The molecule has 2 saturated carbocycles. The van der Waals surface area contributed by atoms with E-state index in [0.717, 1.165) is 5.56 Å². The summed E-state index contributed by atoms with van der Waals surface area (Å²) in [6.45, 7) is 10.5. The molecular weight excluding hydrogens is 448 g/mol. The molecule has 1 aromatic carbocycles. The monoisotopic (exact) mass is 484 g/mol. The normalized spacial score (nSPS) is 32.4. The summed E-state index contributed by atoms with van der Waals surface area (Å²) in [5.41, 5.74) is 0.0611. The summed E-state index contributed by atoms with van der Waals surface area (Å²) in [7, 11) is 0. The largest absolute Gasteiger partial charge is 0.459 e. The Hall–Kier alpha value is -2.45. The number of amides is 1. The van der Waals surface area contributed by atoms with Crippen molar-refractivity contribution in [2.75, 3.05) is 32.8 Å². The molecular formula is C27H36N2O6. The van der Waals surface area contributed by atoms with Crippen molar-refractivity contribution in [3.63, 3.8) is 0 Å². The molecule has 8 nitrogen and oxygen atoms in total. The zero-order valence-corrected chi connectivity index (χ0v) is 21.0. The third-order valence-corrected chi connectivity index (χ3v) is 8.29. The first-order valence-corrected chi connectivity index (χ1v) is 12.8. The van der Waals surface area contributed by atoms with Gasteiger partial charge in [0, 0.05) is 25.0 Å². The number of ether oxygens (including phenoxy) is 3. The predicted molar refractivity (Wildman–Crippen MR) is 127 cm³/mol. The fourth-order valence-electron chi connectivity index (χ4n) is 6.77. The summed E-state index contributed by atoms with van der Waals surface area (Å²) in [4.78, 5) is 44.0. The van der Waals surface area contributed by atoms with Crippen LogP contribution in [0.5, 0.6) is 0 Å². The van der Waals surface area contributed by atoms with E-state index >= 15 is 0 Å². The smallest absolute Gasteiger partial charge is 0.320 e. The van der Waals surface area contributed by atoms with E-state index in [-0.39, 0.29) is 48.3 Å². The summed E-state index contributed by atoms with van der Waals surface area (Å²) >= 11 is 0. The standard InChI is InChI=1S/C27H36N2O6/c1-16(2)29-23-18-14-19(24(23)34-20(30)15-28-10-12-33-13-11-28)22(21(18)25(29)31)26(32)35-27(3,4)17-8-6-5-7-9-17/h5-9,16,18-19,21-24H,10-15H2,1-4H3. The van der Waals surface area contributed by atoms with Gasteiger partial charge in [0.25, 0.3) is 0 Å². The van der Waals surface area contributed by atoms with Gasteiger partial charge in [-0.1, -0.05) is 30.3 Å². The van der Waals surface area contributed by atoms with E-state index in [1.54, 1.807) is 0 Å². The van der Waals surface area contributed by atoms with Crippen LogP contribution in [0.2, 0.25) is 0 Å². The van der Waals surface area contributed by atoms with Crippen LogP contribution in [-0.4, -0.2) is 78.7 Å². The summed E-state index contributed by atoms with van der Waals surface area (Å²) in [5, 5.41) is 0. The van der Waals surface area contributed by atoms with E-state index in [1.807, 2.05) is 67.8 Å². The fourth-order valence-corrected chi connectivity index (χ4v) is 6.77. The van der Waals surface area contributed by atoms with Gasteiger partial charge in [0.15, 0.2) is 0 Å². The Kier molecular flexibility index (Phi) is 6.38. The topological polar surface area (TPSA) is 85.4 Å². The molecule has 190 valence electrons. The molecule has 2 aliphatic heterocycles. The summed E-state index contributed by atoms with van der Waals surface area (Å²) in [5.74, 6) is -1.89. The second-order valence-electron chi connectivity index (χ2n) is 11.1. The van der Waals surface area contributed by atoms with Gasteiger partial charge in [-0.2, -0.15) is 0 Å². The van der Waals surface area contributed by atoms with Gasteiger partial charge in [-0.3, -0.25) is 19.3 Å². The second kappa shape index (κ2) is 9.21. The van der Waals surface area contributed by atoms with E-state index in [9.17, 15) is 14.4 Å². The number of benzene rings is 1. The number of hydrogen-bond donors (Lipinski definition) is 0. The molecule has 2 aliphatic carbocycles. The van der Waals surface area contributed by atoms with Crippen molar-refractivity contribution in [2.45, 2.75) is 57.9 Å². The Balaban J connectivity index is 1.37. The zero-order valence-electron chi connectivity index (χ0n) is 21.0. The van der Waals surface area contributed by atoms with E-state index in [2.05, 4.69) is 0 Å². The first kappa shape index (κ1) is 24.3. The van der Waals surface area contributed by atoms with Crippen LogP contribution in [0.25, 0.3) is 0 Å². The molecule has 1 aromatic rings. The summed E-state index contributed by atoms with van der Waals surface area (Å²) in [6.07, 6.45) is 0.210. The van der Waals surface area contributed by atoms with E-state index < -0.39 is 23.5 Å². The van der Waals surface area contributed by atoms with E-state index in [0.29, 0.717) is 32.7 Å². The highest BCUT2D eigenvalue weighted by molar-refractivity contribution is 5.90. The van der Waals surface area contributed by atoms with Gasteiger partial charge in [0.1, 0.15) is 11.7 Å². The Bertz CT molecular complexity index is 973. The Labute approximate surface area is 206 Å². The molecule has 5 rings (SSSR count). The molecule has 2 heterocycles. The molecule has 0 N–H and O–H groups in total. The average Bonchev–Trinajstić information content (AvgIpc) is 3.43. The van der Waals surface area contributed by atoms with Gasteiger partial charge >= 0.3 is 11.9 Å². The van der Waals surface area contributed by atoms with Crippen LogP contribution in [0.15, 0.2) is 30.3 Å². The molecule has 0 spiro atoms. The van der Waals surface area contributed by atoms with Crippen LogP contribution >= 0.6 is 0 Å². The van der Waals surface area contributed by atoms with Gasteiger partial charge < -0.3 is 19.1 Å². The van der Waals surface area contributed by atoms with Gasteiger partial charge in [0.05, 0.1) is 37.6 Å². The number of esters is 2.